The van der Waals surface area contributed by atoms with Crippen molar-refractivity contribution < 1.29 is 0 Å². The molecule has 0 aromatic carbocycles. The Kier molecular flexibility index (Phi) is 3.64. The van der Waals surface area contributed by atoms with Gasteiger partial charge in [-0.3, -0.25) is 14.8 Å². The zero-order valence-corrected chi connectivity index (χ0v) is 11.6. The molecule has 0 saturated heterocycles. The number of nitrogens with one attached hydrogen (secondary N) is 2. The van der Waals surface area contributed by atoms with Gasteiger partial charge in [0, 0.05) is 44.2 Å². The summed E-state index contributed by atoms with van der Waals surface area (Å²) in [5.74, 6) is 0.819. The molecule has 1 aliphatic heterocycles. The van der Waals surface area contributed by atoms with E-state index in [2.05, 4.69) is 32.0 Å². The van der Waals surface area contributed by atoms with E-state index < -0.39 is 0 Å². The summed E-state index contributed by atoms with van der Waals surface area (Å²) in [4.78, 5) is 21.9. The minimum Gasteiger partial charge on any atom is -0.310 e. The lowest BCUT2D eigenvalue weighted by Gasteiger charge is -2.27. The van der Waals surface area contributed by atoms with Crippen molar-refractivity contribution in [3.05, 3.63) is 45.4 Å². The molecule has 20 heavy (non-hydrogen) atoms. The Morgan fingerprint density at radius 3 is 3.10 bits per heavy atom. The Bertz CT molecular complexity index is 632. The third kappa shape index (κ3) is 2.65. The Balaban J connectivity index is 1.79. The summed E-state index contributed by atoms with van der Waals surface area (Å²) in [5, 5.41) is 6.76. The maximum atomic E-state index is 12.2. The monoisotopic (exact) mass is 273 g/mol. The zero-order chi connectivity index (χ0) is 13.9. The van der Waals surface area contributed by atoms with Gasteiger partial charge in [-0.1, -0.05) is 6.92 Å². The highest BCUT2D eigenvalue weighted by Crippen LogP contribution is 2.16. The molecule has 0 amide bonds. The minimum absolute atomic E-state index is 0.0235. The molecular weight excluding hydrogens is 254 g/mol. The average Bonchev–Trinajstić information content (AvgIpc) is 2.93. The minimum atomic E-state index is 0.0235. The Morgan fingerprint density at radius 2 is 2.35 bits per heavy atom. The highest BCUT2D eigenvalue weighted by atomic mass is 16.1. The largest absolute Gasteiger partial charge is 0.310 e. The van der Waals surface area contributed by atoms with E-state index in [1.165, 1.54) is 0 Å². The van der Waals surface area contributed by atoms with Crippen LogP contribution in [0.5, 0.6) is 0 Å². The van der Waals surface area contributed by atoms with Crippen molar-refractivity contribution in [3.63, 3.8) is 0 Å². The number of nitrogens with zero attached hydrogens (tertiary/aromatic N) is 3. The zero-order valence-electron chi connectivity index (χ0n) is 11.6. The molecule has 3 rings (SSSR count). The smallest absolute Gasteiger partial charge is 0.255 e. The third-order valence-electron chi connectivity index (χ3n) is 3.64. The molecule has 106 valence electrons. The Labute approximate surface area is 117 Å². The fourth-order valence-corrected chi connectivity index (χ4v) is 2.64. The van der Waals surface area contributed by atoms with Crippen LogP contribution in [0.2, 0.25) is 0 Å². The van der Waals surface area contributed by atoms with Gasteiger partial charge in [-0.05, 0) is 6.42 Å². The molecule has 0 saturated carbocycles. The van der Waals surface area contributed by atoms with Crippen LogP contribution in [0.3, 0.4) is 0 Å². The molecule has 0 bridgehead atoms. The first-order valence-corrected chi connectivity index (χ1v) is 7.07. The summed E-state index contributed by atoms with van der Waals surface area (Å²) in [6, 6.07) is 0. The molecule has 0 spiro atoms. The van der Waals surface area contributed by atoms with Gasteiger partial charge in [-0.15, -0.1) is 0 Å². The number of fused-ring (bicyclic) bond motifs is 1. The van der Waals surface area contributed by atoms with E-state index >= 15 is 0 Å². The number of aryl methyl sites for hydroxylation is 1. The molecule has 6 nitrogen and oxygen atoms in total. The lowest BCUT2D eigenvalue weighted by Crippen LogP contribution is -2.35. The molecule has 0 unspecified atom stereocenters. The number of aromatic amines is 2. The first-order chi connectivity index (χ1) is 9.76. The maximum absolute atomic E-state index is 12.2. The van der Waals surface area contributed by atoms with Crippen molar-refractivity contribution >= 4 is 0 Å². The van der Waals surface area contributed by atoms with Crippen LogP contribution in [-0.2, 0) is 25.9 Å². The summed E-state index contributed by atoms with van der Waals surface area (Å²) in [6.45, 7) is 4.49. The Morgan fingerprint density at radius 1 is 1.45 bits per heavy atom. The predicted octanol–water partition coefficient (Wildman–Crippen LogP) is 1.00. The van der Waals surface area contributed by atoms with E-state index in [1.807, 2.05) is 12.4 Å². The van der Waals surface area contributed by atoms with Gasteiger partial charge < -0.3 is 4.98 Å². The van der Waals surface area contributed by atoms with Crippen molar-refractivity contribution in [1.82, 2.24) is 25.1 Å². The van der Waals surface area contributed by atoms with Gasteiger partial charge in [-0.2, -0.15) is 5.10 Å². The van der Waals surface area contributed by atoms with Gasteiger partial charge in [-0.25, -0.2) is 4.98 Å². The topological polar surface area (TPSA) is 77.7 Å². The molecule has 0 fully saturated rings. The van der Waals surface area contributed by atoms with Gasteiger partial charge in [0.2, 0.25) is 0 Å². The number of aromatic nitrogens is 4. The molecule has 6 heteroatoms. The highest BCUT2D eigenvalue weighted by molar-refractivity contribution is 5.21. The van der Waals surface area contributed by atoms with Gasteiger partial charge in [0.15, 0.2) is 0 Å². The lowest BCUT2D eigenvalue weighted by atomic mass is 10.1. The van der Waals surface area contributed by atoms with Gasteiger partial charge in [0.1, 0.15) is 5.82 Å². The SMILES string of the molecule is CCCc1nc2c(c(=O)[nH]1)CN(Cc1cn[nH]c1)CC2. The van der Waals surface area contributed by atoms with E-state index in [4.69, 9.17) is 0 Å². The highest BCUT2D eigenvalue weighted by Gasteiger charge is 2.21. The molecule has 1 aliphatic rings. The van der Waals surface area contributed by atoms with E-state index in [-0.39, 0.29) is 5.56 Å². The molecule has 0 aliphatic carbocycles. The van der Waals surface area contributed by atoms with Crippen molar-refractivity contribution in [2.24, 2.45) is 0 Å². The normalized spacial score (nSPS) is 15.2. The van der Waals surface area contributed by atoms with Crippen molar-refractivity contribution in [1.29, 1.82) is 0 Å². The number of H-pyrrole nitrogens is 2. The van der Waals surface area contributed by atoms with Gasteiger partial charge >= 0.3 is 0 Å². The van der Waals surface area contributed by atoms with Crippen LogP contribution in [-0.4, -0.2) is 31.6 Å². The summed E-state index contributed by atoms with van der Waals surface area (Å²) < 4.78 is 0. The summed E-state index contributed by atoms with van der Waals surface area (Å²) in [5.41, 5.74) is 2.95. The first kappa shape index (κ1) is 13.1. The van der Waals surface area contributed by atoms with Crippen LogP contribution in [0.4, 0.5) is 0 Å². The summed E-state index contributed by atoms with van der Waals surface area (Å²) >= 11 is 0. The van der Waals surface area contributed by atoms with Gasteiger partial charge in [0.25, 0.3) is 5.56 Å². The second-order valence-electron chi connectivity index (χ2n) is 5.26. The number of hydrogen-bond donors (Lipinski definition) is 2. The number of hydrogen-bond acceptors (Lipinski definition) is 4. The quantitative estimate of drug-likeness (QED) is 0.871. The second-order valence-corrected chi connectivity index (χ2v) is 5.26. The molecule has 2 aromatic rings. The summed E-state index contributed by atoms with van der Waals surface area (Å²) in [7, 11) is 0. The predicted molar refractivity (Wildman–Crippen MR) is 75.3 cm³/mol. The molecule has 3 heterocycles. The second kappa shape index (κ2) is 5.58. The maximum Gasteiger partial charge on any atom is 0.255 e. The van der Waals surface area contributed by atoms with Crippen LogP contribution < -0.4 is 5.56 Å². The van der Waals surface area contributed by atoms with Crippen LogP contribution in [0.15, 0.2) is 17.2 Å². The first-order valence-electron chi connectivity index (χ1n) is 7.07. The fraction of sp³-hybridized carbons (Fsp3) is 0.500. The molecule has 2 aromatic heterocycles. The fourth-order valence-electron chi connectivity index (χ4n) is 2.64. The average molecular weight is 273 g/mol. The van der Waals surface area contributed by atoms with Crippen molar-refractivity contribution in [2.45, 2.75) is 39.3 Å². The molecular formula is C14H19N5O. The van der Waals surface area contributed by atoms with Crippen LogP contribution in [0, 0.1) is 0 Å². The van der Waals surface area contributed by atoms with Crippen LogP contribution in [0.25, 0.3) is 0 Å². The molecule has 0 radical (unpaired) electrons. The third-order valence-corrected chi connectivity index (χ3v) is 3.64. The van der Waals surface area contributed by atoms with E-state index in [0.29, 0.717) is 6.54 Å². The van der Waals surface area contributed by atoms with Crippen molar-refractivity contribution in [3.8, 4) is 0 Å². The lowest BCUT2D eigenvalue weighted by molar-refractivity contribution is 0.241. The van der Waals surface area contributed by atoms with Crippen LogP contribution >= 0.6 is 0 Å². The van der Waals surface area contributed by atoms with Gasteiger partial charge in [0.05, 0.1) is 17.5 Å². The van der Waals surface area contributed by atoms with Crippen molar-refractivity contribution in [2.75, 3.05) is 6.54 Å². The van der Waals surface area contributed by atoms with Crippen LogP contribution in [0.1, 0.15) is 36.0 Å². The molecule has 0 atom stereocenters. The van der Waals surface area contributed by atoms with E-state index in [9.17, 15) is 4.79 Å². The molecule has 2 N–H and O–H groups in total. The summed E-state index contributed by atoms with van der Waals surface area (Å²) in [6.07, 6.45) is 6.38. The standard InChI is InChI=1S/C14H19N5O/c1-2-3-13-17-12-4-5-19(8-10-6-15-16-7-10)9-11(12)14(20)18-13/h6-7H,2-5,8-9H2,1H3,(H,15,16)(H,17,18,20). The van der Waals surface area contributed by atoms with E-state index in [0.717, 1.165) is 55.0 Å². The number of rotatable bonds is 4. The Hall–Kier alpha value is -1.95. The van der Waals surface area contributed by atoms with E-state index in [1.54, 1.807) is 0 Å².